The molecular formula is C28H28N2O4. The maximum Gasteiger partial charge on any atom is 0.282 e. The van der Waals surface area contributed by atoms with Crippen LogP contribution in [0.3, 0.4) is 0 Å². The molecule has 0 saturated carbocycles. The van der Waals surface area contributed by atoms with Crippen LogP contribution in [0.4, 0.5) is 11.4 Å². The molecule has 3 aromatic carbocycles. The van der Waals surface area contributed by atoms with Crippen molar-refractivity contribution in [3.63, 3.8) is 0 Å². The molecule has 34 heavy (non-hydrogen) atoms. The quantitative estimate of drug-likeness (QED) is 0.399. The smallest absolute Gasteiger partial charge is 0.282 e. The van der Waals surface area contributed by atoms with Crippen molar-refractivity contribution < 1.29 is 19.1 Å². The molecule has 1 heterocycles. The van der Waals surface area contributed by atoms with Crippen LogP contribution in [0, 0.1) is 0 Å². The molecule has 0 fully saturated rings. The van der Waals surface area contributed by atoms with Gasteiger partial charge in [-0.3, -0.25) is 9.59 Å². The summed E-state index contributed by atoms with van der Waals surface area (Å²) in [6.45, 7) is 5.22. The number of carbonyl (C=O) groups is 2. The van der Waals surface area contributed by atoms with E-state index >= 15 is 0 Å². The Balaban J connectivity index is 1.71. The Morgan fingerprint density at radius 1 is 0.735 bits per heavy atom. The van der Waals surface area contributed by atoms with Crippen molar-refractivity contribution in [1.82, 2.24) is 0 Å². The molecular weight excluding hydrogens is 428 g/mol. The Bertz CT molecular complexity index is 1200. The third-order valence-corrected chi connectivity index (χ3v) is 5.27. The Hall–Kier alpha value is -4.06. The third-order valence-electron chi connectivity index (χ3n) is 5.27. The molecule has 0 radical (unpaired) electrons. The SMILES string of the molecule is CCCOc1cccc(NC2=C(c3ccccc3)C(=O)N(c3cccc(OCCC)c3)C2=O)c1. The Morgan fingerprint density at radius 2 is 1.38 bits per heavy atom. The van der Waals surface area contributed by atoms with Gasteiger partial charge in [0.05, 0.1) is 24.5 Å². The van der Waals surface area contributed by atoms with E-state index in [1.165, 1.54) is 4.90 Å². The zero-order chi connectivity index (χ0) is 23.9. The van der Waals surface area contributed by atoms with Crippen molar-refractivity contribution in [1.29, 1.82) is 0 Å². The molecule has 174 valence electrons. The van der Waals surface area contributed by atoms with Crippen molar-refractivity contribution in [3.8, 4) is 11.5 Å². The van der Waals surface area contributed by atoms with Crippen molar-refractivity contribution in [2.75, 3.05) is 23.4 Å². The average Bonchev–Trinajstić information content (AvgIpc) is 3.11. The van der Waals surface area contributed by atoms with Gasteiger partial charge >= 0.3 is 0 Å². The fourth-order valence-corrected chi connectivity index (χ4v) is 3.71. The van der Waals surface area contributed by atoms with Gasteiger partial charge in [-0.05, 0) is 42.7 Å². The highest BCUT2D eigenvalue weighted by Crippen LogP contribution is 2.35. The second-order valence-corrected chi connectivity index (χ2v) is 7.91. The molecule has 2 amide bonds. The first kappa shape index (κ1) is 23.1. The molecule has 1 N–H and O–H groups in total. The number of benzene rings is 3. The number of hydrogen-bond donors (Lipinski definition) is 1. The summed E-state index contributed by atoms with van der Waals surface area (Å²) >= 11 is 0. The van der Waals surface area contributed by atoms with Crippen LogP contribution in [0.2, 0.25) is 0 Å². The minimum absolute atomic E-state index is 0.226. The van der Waals surface area contributed by atoms with Gasteiger partial charge in [-0.25, -0.2) is 4.90 Å². The summed E-state index contributed by atoms with van der Waals surface area (Å²) < 4.78 is 11.4. The van der Waals surface area contributed by atoms with Gasteiger partial charge in [0.1, 0.15) is 17.2 Å². The number of amides is 2. The lowest BCUT2D eigenvalue weighted by Crippen LogP contribution is -2.32. The fourth-order valence-electron chi connectivity index (χ4n) is 3.71. The van der Waals surface area contributed by atoms with Crippen molar-refractivity contribution in [2.45, 2.75) is 26.7 Å². The summed E-state index contributed by atoms with van der Waals surface area (Å²) in [5.74, 6) is 0.507. The highest BCUT2D eigenvalue weighted by atomic mass is 16.5. The maximum absolute atomic E-state index is 13.6. The number of nitrogens with zero attached hydrogens (tertiary/aromatic N) is 1. The van der Waals surface area contributed by atoms with Gasteiger partial charge in [-0.2, -0.15) is 0 Å². The fraction of sp³-hybridized carbons (Fsp3) is 0.214. The van der Waals surface area contributed by atoms with Gasteiger partial charge in [0, 0.05) is 17.8 Å². The van der Waals surface area contributed by atoms with E-state index < -0.39 is 5.91 Å². The van der Waals surface area contributed by atoms with Crippen molar-refractivity contribution >= 4 is 28.8 Å². The standard InChI is InChI=1S/C28H28N2O4/c1-3-16-33-23-14-8-12-21(18-23)29-26-25(20-10-6-5-7-11-20)27(31)30(28(26)32)22-13-9-15-24(19-22)34-17-4-2/h5-15,18-19,29H,3-4,16-17H2,1-2H3. The molecule has 4 rings (SSSR count). The summed E-state index contributed by atoms with van der Waals surface area (Å²) in [5, 5.41) is 3.19. The molecule has 6 heteroatoms. The lowest BCUT2D eigenvalue weighted by Gasteiger charge is -2.17. The van der Waals surface area contributed by atoms with Crippen molar-refractivity contribution in [2.24, 2.45) is 0 Å². The molecule has 1 aliphatic rings. The zero-order valence-electron chi connectivity index (χ0n) is 19.4. The van der Waals surface area contributed by atoms with Crippen LogP contribution in [0.1, 0.15) is 32.3 Å². The molecule has 0 unspecified atom stereocenters. The van der Waals surface area contributed by atoms with Crippen LogP contribution < -0.4 is 19.7 Å². The lowest BCUT2D eigenvalue weighted by atomic mass is 10.0. The average molecular weight is 457 g/mol. The van der Waals surface area contributed by atoms with Gasteiger partial charge in [-0.15, -0.1) is 0 Å². The monoisotopic (exact) mass is 456 g/mol. The van der Waals surface area contributed by atoms with Gasteiger partial charge in [0.25, 0.3) is 11.8 Å². The van der Waals surface area contributed by atoms with Crippen LogP contribution in [-0.4, -0.2) is 25.0 Å². The van der Waals surface area contributed by atoms with Crippen LogP contribution in [0.5, 0.6) is 11.5 Å². The lowest BCUT2D eigenvalue weighted by molar-refractivity contribution is -0.120. The van der Waals surface area contributed by atoms with E-state index in [1.54, 1.807) is 18.2 Å². The van der Waals surface area contributed by atoms with Crippen molar-refractivity contribution in [3.05, 3.63) is 90.1 Å². The van der Waals surface area contributed by atoms with Gasteiger partial charge in [0.2, 0.25) is 0 Å². The molecule has 1 aliphatic heterocycles. The van der Waals surface area contributed by atoms with Crippen LogP contribution in [0.25, 0.3) is 5.57 Å². The van der Waals surface area contributed by atoms with E-state index in [4.69, 9.17) is 9.47 Å². The number of imide groups is 1. The second-order valence-electron chi connectivity index (χ2n) is 7.91. The highest BCUT2D eigenvalue weighted by molar-refractivity contribution is 6.46. The topological polar surface area (TPSA) is 67.9 Å². The second kappa shape index (κ2) is 10.7. The summed E-state index contributed by atoms with van der Waals surface area (Å²) in [6.07, 6.45) is 1.75. The first-order chi connectivity index (χ1) is 16.6. The maximum atomic E-state index is 13.6. The number of rotatable bonds is 10. The minimum Gasteiger partial charge on any atom is -0.494 e. The number of hydrogen-bond acceptors (Lipinski definition) is 5. The summed E-state index contributed by atoms with van der Waals surface area (Å²) in [5.41, 5.74) is 2.35. The normalized spacial score (nSPS) is 13.4. The van der Waals surface area contributed by atoms with Crippen LogP contribution in [0.15, 0.2) is 84.6 Å². The molecule has 6 nitrogen and oxygen atoms in total. The molecule has 0 bridgehead atoms. The number of nitrogens with one attached hydrogen (secondary N) is 1. The molecule has 0 saturated heterocycles. The number of carbonyl (C=O) groups excluding carboxylic acids is 2. The predicted molar refractivity (Wildman–Crippen MR) is 134 cm³/mol. The third kappa shape index (κ3) is 4.96. The van der Waals surface area contributed by atoms with E-state index in [1.807, 2.05) is 74.5 Å². The molecule has 0 aliphatic carbocycles. The van der Waals surface area contributed by atoms with E-state index in [0.29, 0.717) is 47.2 Å². The zero-order valence-corrected chi connectivity index (χ0v) is 19.4. The van der Waals surface area contributed by atoms with Gasteiger partial charge < -0.3 is 14.8 Å². The summed E-state index contributed by atoms with van der Waals surface area (Å²) in [4.78, 5) is 28.4. The van der Waals surface area contributed by atoms with Gasteiger partial charge in [-0.1, -0.05) is 56.3 Å². The Kier molecular flexibility index (Phi) is 7.28. The van der Waals surface area contributed by atoms with E-state index in [-0.39, 0.29) is 11.6 Å². The highest BCUT2D eigenvalue weighted by Gasteiger charge is 2.40. The predicted octanol–water partition coefficient (Wildman–Crippen LogP) is 5.66. The van der Waals surface area contributed by atoms with Crippen LogP contribution >= 0.6 is 0 Å². The minimum atomic E-state index is -0.420. The van der Waals surface area contributed by atoms with Gasteiger partial charge in [0.15, 0.2) is 0 Å². The van der Waals surface area contributed by atoms with E-state index in [9.17, 15) is 9.59 Å². The number of ether oxygens (including phenoxy) is 2. The molecule has 0 atom stereocenters. The molecule has 3 aromatic rings. The van der Waals surface area contributed by atoms with E-state index in [0.717, 1.165) is 12.8 Å². The number of anilines is 2. The Morgan fingerprint density at radius 3 is 2.06 bits per heavy atom. The first-order valence-electron chi connectivity index (χ1n) is 11.5. The largest absolute Gasteiger partial charge is 0.494 e. The summed E-state index contributed by atoms with van der Waals surface area (Å²) in [7, 11) is 0. The first-order valence-corrected chi connectivity index (χ1v) is 11.5. The molecule has 0 aromatic heterocycles. The Labute approximate surface area is 199 Å². The van der Waals surface area contributed by atoms with E-state index in [2.05, 4.69) is 5.32 Å². The summed E-state index contributed by atoms with van der Waals surface area (Å²) in [6, 6.07) is 23.7. The van der Waals surface area contributed by atoms with Crippen LogP contribution in [-0.2, 0) is 9.59 Å². The molecule has 0 spiro atoms.